The molecule has 0 atom stereocenters. The van der Waals surface area contributed by atoms with E-state index in [1.54, 1.807) is 4.68 Å². The van der Waals surface area contributed by atoms with Crippen LogP contribution in [0, 0.1) is 13.8 Å². The van der Waals surface area contributed by atoms with Gasteiger partial charge in [-0.2, -0.15) is 4.68 Å². The van der Waals surface area contributed by atoms with Crippen LogP contribution in [0.25, 0.3) is 5.69 Å². The first-order valence-corrected chi connectivity index (χ1v) is 9.56. The predicted octanol–water partition coefficient (Wildman–Crippen LogP) is 4.38. The predicted molar refractivity (Wildman–Crippen MR) is 104 cm³/mol. The second-order valence-electron chi connectivity index (χ2n) is 6.65. The Labute approximate surface area is 157 Å². The molecule has 1 heterocycles. The van der Waals surface area contributed by atoms with Gasteiger partial charge in [0, 0.05) is 5.56 Å². The monoisotopic (exact) mass is 366 g/mol. The number of carbonyl (C=O) groups excluding carboxylic acids is 1. The van der Waals surface area contributed by atoms with Gasteiger partial charge in [-0.15, -0.1) is 5.10 Å². The normalized spacial score (nSPS) is 11.1. The Morgan fingerprint density at radius 2 is 1.85 bits per heavy atom. The maximum Gasteiger partial charge on any atom is 0.214 e. The van der Waals surface area contributed by atoms with Gasteiger partial charge in [-0.3, -0.25) is 4.79 Å². The van der Waals surface area contributed by atoms with Crippen molar-refractivity contribution in [2.45, 2.75) is 38.8 Å². The molecule has 1 aromatic heterocycles. The summed E-state index contributed by atoms with van der Waals surface area (Å²) in [5.74, 6) is 0.859. The van der Waals surface area contributed by atoms with Crippen molar-refractivity contribution in [2.75, 3.05) is 5.75 Å². The maximum atomic E-state index is 12.6. The first kappa shape index (κ1) is 18.3. The van der Waals surface area contributed by atoms with Crippen LogP contribution in [0.3, 0.4) is 0 Å². The summed E-state index contributed by atoms with van der Waals surface area (Å²) in [6, 6.07) is 14.1. The molecule has 0 spiro atoms. The summed E-state index contributed by atoms with van der Waals surface area (Å²) in [7, 11) is 0. The molecule has 0 aliphatic carbocycles. The van der Waals surface area contributed by atoms with Gasteiger partial charge in [-0.1, -0.05) is 55.4 Å². The van der Waals surface area contributed by atoms with Crippen LogP contribution >= 0.6 is 11.8 Å². The van der Waals surface area contributed by atoms with Crippen molar-refractivity contribution in [2.24, 2.45) is 0 Å². The lowest BCUT2D eigenvalue weighted by Crippen LogP contribution is -2.07. The van der Waals surface area contributed by atoms with E-state index in [1.807, 2.05) is 44.2 Å². The Morgan fingerprint density at radius 3 is 2.54 bits per heavy atom. The van der Waals surface area contributed by atoms with Crippen LogP contribution in [0.2, 0.25) is 0 Å². The van der Waals surface area contributed by atoms with Crippen molar-refractivity contribution in [1.82, 2.24) is 20.2 Å². The molecule has 3 aromatic rings. The molecule has 0 amide bonds. The Hall–Kier alpha value is -2.47. The van der Waals surface area contributed by atoms with E-state index >= 15 is 0 Å². The van der Waals surface area contributed by atoms with Gasteiger partial charge >= 0.3 is 0 Å². The molecule has 0 saturated heterocycles. The number of thioether (sulfide) groups is 1. The molecule has 134 valence electrons. The minimum Gasteiger partial charge on any atom is -0.293 e. The number of hydrogen-bond acceptors (Lipinski definition) is 5. The number of aryl methyl sites for hydroxylation is 2. The van der Waals surface area contributed by atoms with E-state index in [-0.39, 0.29) is 5.78 Å². The summed E-state index contributed by atoms with van der Waals surface area (Å²) in [4.78, 5) is 12.6. The fourth-order valence-corrected chi connectivity index (χ4v) is 3.45. The van der Waals surface area contributed by atoms with Crippen LogP contribution in [0.4, 0.5) is 0 Å². The Morgan fingerprint density at radius 1 is 1.12 bits per heavy atom. The van der Waals surface area contributed by atoms with Crippen molar-refractivity contribution in [1.29, 1.82) is 0 Å². The second kappa shape index (κ2) is 7.83. The van der Waals surface area contributed by atoms with Crippen LogP contribution in [0.1, 0.15) is 46.8 Å². The molecular formula is C20H22N4OS. The average Bonchev–Trinajstić information content (AvgIpc) is 3.10. The quantitative estimate of drug-likeness (QED) is 0.479. The highest BCUT2D eigenvalue weighted by Crippen LogP contribution is 2.22. The van der Waals surface area contributed by atoms with E-state index in [0.29, 0.717) is 16.8 Å². The number of Topliss-reactive ketones (excluding diaryl/α,β-unsaturated/α-hetero) is 1. The Balaban J connectivity index is 1.75. The third-order valence-electron chi connectivity index (χ3n) is 4.27. The number of rotatable bonds is 6. The van der Waals surface area contributed by atoms with Crippen molar-refractivity contribution in [3.63, 3.8) is 0 Å². The molecule has 3 rings (SSSR count). The van der Waals surface area contributed by atoms with Gasteiger partial charge in [0.2, 0.25) is 5.16 Å². The molecule has 0 unspecified atom stereocenters. The fraction of sp³-hybridized carbons (Fsp3) is 0.300. The maximum absolute atomic E-state index is 12.6. The summed E-state index contributed by atoms with van der Waals surface area (Å²) in [5.41, 5.74) is 4.99. The van der Waals surface area contributed by atoms with E-state index in [2.05, 4.69) is 41.5 Å². The number of aromatic nitrogens is 4. The van der Waals surface area contributed by atoms with Crippen LogP contribution in [0.15, 0.2) is 47.6 Å². The van der Waals surface area contributed by atoms with E-state index < -0.39 is 0 Å². The Bertz CT molecular complexity index is 916. The minimum atomic E-state index is 0.0842. The lowest BCUT2D eigenvalue weighted by atomic mass is 10.0. The summed E-state index contributed by atoms with van der Waals surface area (Å²) in [5, 5.41) is 12.5. The smallest absolute Gasteiger partial charge is 0.214 e. The largest absolute Gasteiger partial charge is 0.293 e. The van der Waals surface area contributed by atoms with Gasteiger partial charge in [0.15, 0.2) is 5.78 Å². The molecule has 0 fully saturated rings. The zero-order chi connectivity index (χ0) is 18.7. The van der Waals surface area contributed by atoms with Gasteiger partial charge in [-0.05, 0) is 59.5 Å². The molecule has 5 nitrogen and oxygen atoms in total. The SMILES string of the molecule is Cc1ccc(C)c(C(=O)CSc2nnnn2-c2ccc(C(C)C)cc2)c1. The van der Waals surface area contributed by atoms with Gasteiger partial charge in [0.05, 0.1) is 11.4 Å². The van der Waals surface area contributed by atoms with E-state index in [0.717, 1.165) is 22.4 Å². The molecule has 2 aromatic carbocycles. The number of nitrogens with zero attached hydrogens (tertiary/aromatic N) is 4. The standard InChI is InChI=1S/C20H22N4OS/c1-13(2)16-7-9-17(10-8-16)24-20(21-22-23-24)26-12-19(25)18-11-14(3)5-6-15(18)4/h5-11,13H,12H2,1-4H3. The van der Waals surface area contributed by atoms with Crippen LogP contribution in [-0.2, 0) is 0 Å². The highest BCUT2D eigenvalue weighted by Gasteiger charge is 2.14. The fourth-order valence-electron chi connectivity index (χ4n) is 2.68. The number of ketones is 1. The zero-order valence-corrected chi connectivity index (χ0v) is 16.2. The zero-order valence-electron chi connectivity index (χ0n) is 15.4. The molecule has 0 aliphatic rings. The summed E-state index contributed by atoms with van der Waals surface area (Å²) < 4.78 is 1.67. The molecule has 0 saturated carbocycles. The van der Waals surface area contributed by atoms with Crippen molar-refractivity contribution in [3.05, 3.63) is 64.7 Å². The van der Waals surface area contributed by atoms with Crippen LogP contribution in [-0.4, -0.2) is 31.7 Å². The van der Waals surface area contributed by atoms with E-state index in [4.69, 9.17) is 0 Å². The summed E-state index contributed by atoms with van der Waals surface area (Å²) in [6.45, 7) is 8.26. The molecule has 0 radical (unpaired) electrons. The third-order valence-corrected chi connectivity index (χ3v) is 5.19. The molecule has 0 bridgehead atoms. The number of tetrazole rings is 1. The van der Waals surface area contributed by atoms with E-state index in [1.165, 1.54) is 17.3 Å². The highest BCUT2D eigenvalue weighted by atomic mass is 32.2. The first-order chi connectivity index (χ1) is 12.5. The van der Waals surface area contributed by atoms with Gasteiger partial charge in [0.1, 0.15) is 0 Å². The van der Waals surface area contributed by atoms with Crippen molar-refractivity contribution >= 4 is 17.5 Å². The first-order valence-electron chi connectivity index (χ1n) is 8.57. The van der Waals surface area contributed by atoms with E-state index in [9.17, 15) is 4.79 Å². The highest BCUT2D eigenvalue weighted by molar-refractivity contribution is 7.99. The molecule has 6 heteroatoms. The van der Waals surface area contributed by atoms with Gasteiger partial charge in [-0.25, -0.2) is 0 Å². The van der Waals surface area contributed by atoms with Crippen molar-refractivity contribution < 1.29 is 4.79 Å². The Kier molecular flexibility index (Phi) is 5.52. The average molecular weight is 366 g/mol. The molecule has 0 N–H and O–H groups in total. The van der Waals surface area contributed by atoms with Gasteiger partial charge in [0.25, 0.3) is 0 Å². The number of benzene rings is 2. The molecule has 26 heavy (non-hydrogen) atoms. The van der Waals surface area contributed by atoms with Crippen molar-refractivity contribution in [3.8, 4) is 5.69 Å². The minimum absolute atomic E-state index is 0.0842. The van der Waals surface area contributed by atoms with Crippen LogP contribution in [0.5, 0.6) is 0 Å². The molecular weight excluding hydrogens is 344 g/mol. The third kappa shape index (κ3) is 4.02. The number of carbonyl (C=O) groups is 1. The summed E-state index contributed by atoms with van der Waals surface area (Å²) >= 11 is 1.35. The van der Waals surface area contributed by atoms with Gasteiger partial charge < -0.3 is 0 Å². The number of hydrogen-bond donors (Lipinski definition) is 0. The summed E-state index contributed by atoms with van der Waals surface area (Å²) in [6.07, 6.45) is 0. The lowest BCUT2D eigenvalue weighted by molar-refractivity contribution is 0.102. The lowest BCUT2D eigenvalue weighted by Gasteiger charge is -2.08. The van der Waals surface area contributed by atoms with Crippen LogP contribution < -0.4 is 0 Å². The topological polar surface area (TPSA) is 60.7 Å². The second-order valence-corrected chi connectivity index (χ2v) is 7.59. The molecule has 0 aliphatic heterocycles.